The number of carbonyl (C=O) groups excluding carboxylic acids is 1. The molecule has 1 aliphatic heterocycles. The van der Waals surface area contributed by atoms with Crippen LogP contribution in [0, 0.1) is 17.8 Å². The monoisotopic (exact) mass is 345 g/mol. The third-order valence-electron chi connectivity index (χ3n) is 6.15. The second-order valence-electron chi connectivity index (χ2n) is 8.01. The Morgan fingerprint density at radius 3 is 2.46 bits per heavy atom. The summed E-state index contributed by atoms with van der Waals surface area (Å²) in [6.45, 7) is 0.259. The van der Waals surface area contributed by atoms with E-state index in [1.54, 1.807) is 0 Å². The molecule has 4 nitrogen and oxygen atoms in total. The van der Waals surface area contributed by atoms with Gasteiger partial charge in [-0.25, -0.2) is 0 Å². The molecular weight excluding hydrogens is 322 g/mol. The number of carbonyl (C=O) groups is 1. The van der Waals surface area contributed by atoms with Crippen molar-refractivity contribution < 1.29 is 14.3 Å². The summed E-state index contributed by atoms with van der Waals surface area (Å²) in [6.07, 6.45) is 8.35. The van der Waals surface area contributed by atoms with Gasteiger partial charge in [0.1, 0.15) is 0 Å². The first kappa shape index (κ1) is 14.9. The van der Waals surface area contributed by atoms with E-state index < -0.39 is 0 Å². The highest BCUT2D eigenvalue weighted by Crippen LogP contribution is 2.60. The molecule has 5 aliphatic rings. The number of ether oxygens (including phenoxy) is 2. The first-order valence-electron chi connectivity index (χ1n) is 9.01. The van der Waals surface area contributed by atoms with Crippen molar-refractivity contribution in [1.82, 2.24) is 0 Å². The molecule has 1 aromatic carbocycles. The lowest BCUT2D eigenvalue weighted by Gasteiger charge is -2.56. The van der Waals surface area contributed by atoms with E-state index in [9.17, 15) is 4.79 Å². The number of fused-ring (bicyclic) bond motifs is 1. The fourth-order valence-corrected chi connectivity index (χ4v) is 7.17. The zero-order valence-corrected chi connectivity index (χ0v) is 14.6. The van der Waals surface area contributed by atoms with Gasteiger partial charge in [-0.15, -0.1) is 11.8 Å². The number of rotatable bonds is 4. The molecule has 0 spiro atoms. The molecule has 6 rings (SSSR count). The molecule has 5 heteroatoms. The van der Waals surface area contributed by atoms with Crippen LogP contribution in [0.5, 0.6) is 11.5 Å². The molecule has 0 saturated heterocycles. The van der Waals surface area contributed by atoms with Gasteiger partial charge in [0.2, 0.25) is 12.7 Å². The van der Waals surface area contributed by atoms with Crippen molar-refractivity contribution in [3.63, 3.8) is 0 Å². The summed E-state index contributed by atoms with van der Waals surface area (Å²) in [5, 5.41) is 3.01. The van der Waals surface area contributed by atoms with Gasteiger partial charge in [-0.05, 0) is 68.4 Å². The molecule has 0 unspecified atom stereocenters. The van der Waals surface area contributed by atoms with Crippen molar-refractivity contribution in [3.8, 4) is 11.5 Å². The minimum atomic E-state index is 0.0922. The van der Waals surface area contributed by atoms with Crippen LogP contribution in [-0.4, -0.2) is 23.2 Å². The number of benzene rings is 1. The largest absolute Gasteiger partial charge is 0.454 e. The normalized spacial score (nSPS) is 35.2. The van der Waals surface area contributed by atoms with Gasteiger partial charge in [-0.2, -0.15) is 0 Å². The highest BCUT2D eigenvalue weighted by molar-refractivity contribution is 8.01. The number of thioether (sulfide) groups is 1. The summed E-state index contributed by atoms with van der Waals surface area (Å²) in [7, 11) is 0. The van der Waals surface area contributed by atoms with Crippen molar-refractivity contribution in [2.24, 2.45) is 17.8 Å². The maximum absolute atomic E-state index is 12.4. The van der Waals surface area contributed by atoms with Gasteiger partial charge in [0.15, 0.2) is 11.5 Å². The highest BCUT2D eigenvalue weighted by Gasteiger charge is 2.51. The lowest BCUT2D eigenvalue weighted by molar-refractivity contribution is -0.113. The van der Waals surface area contributed by atoms with Gasteiger partial charge in [-0.1, -0.05) is 0 Å². The minimum absolute atomic E-state index is 0.0922. The number of anilines is 1. The smallest absolute Gasteiger partial charge is 0.234 e. The van der Waals surface area contributed by atoms with Gasteiger partial charge in [0.05, 0.1) is 5.75 Å². The summed E-state index contributed by atoms with van der Waals surface area (Å²) in [5.41, 5.74) is 0.787. The second kappa shape index (κ2) is 5.58. The van der Waals surface area contributed by atoms with Crippen LogP contribution in [0.3, 0.4) is 0 Å². The average molecular weight is 345 g/mol. The van der Waals surface area contributed by atoms with E-state index in [1.165, 1.54) is 38.5 Å². The van der Waals surface area contributed by atoms with E-state index in [1.807, 2.05) is 30.0 Å². The SMILES string of the molecule is O=C(CSC12CC3CC(CC(C3)C1)C2)Nc1ccc2c(c1)OCO2. The van der Waals surface area contributed by atoms with Crippen LogP contribution in [0.15, 0.2) is 18.2 Å². The highest BCUT2D eigenvalue weighted by atomic mass is 32.2. The predicted octanol–water partition coefficient (Wildman–Crippen LogP) is 4.06. The van der Waals surface area contributed by atoms with Crippen LogP contribution < -0.4 is 14.8 Å². The van der Waals surface area contributed by atoms with Crippen LogP contribution in [-0.2, 0) is 4.79 Å². The van der Waals surface area contributed by atoms with Crippen LogP contribution in [0.1, 0.15) is 38.5 Å². The molecule has 4 saturated carbocycles. The average Bonchev–Trinajstić information content (AvgIpc) is 2.99. The molecule has 4 fully saturated rings. The molecule has 128 valence electrons. The molecule has 4 bridgehead atoms. The van der Waals surface area contributed by atoms with E-state index in [4.69, 9.17) is 9.47 Å². The topological polar surface area (TPSA) is 47.6 Å². The van der Waals surface area contributed by atoms with E-state index in [0.717, 1.165) is 29.2 Å². The Morgan fingerprint density at radius 1 is 1.08 bits per heavy atom. The quantitative estimate of drug-likeness (QED) is 0.894. The third kappa shape index (κ3) is 2.67. The number of nitrogens with one attached hydrogen (secondary N) is 1. The molecule has 0 atom stereocenters. The fourth-order valence-electron chi connectivity index (χ4n) is 5.60. The van der Waals surface area contributed by atoms with Gasteiger partial charge >= 0.3 is 0 Å². The summed E-state index contributed by atoms with van der Waals surface area (Å²) < 4.78 is 11.1. The van der Waals surface area contributed by atoms with Crippen molar-refractivity contribution in [2.45, 2.75) is 43.3 Å². The first-order valence-corrected chi connectivity index (χ1v) is 9.99. The number of amides is 1. The standard InChI is InChI=1S/C19H23NO3S/c21-18(20-15-1-2-16-17(6-15)23-11-22-16)10-24-19-7-12-3-13(8-19)5-14(4-12)9-19/h1-2,6,12-14H,3-5,7-11H2,(H,20,21). The maximum Gasteiger partial charge on any atom is 0.234 e. The first-order chi connectivity index (χ1) is 11.7. The Kier molecular flexibility index (Phi) is 3.47. The molecule has 1 aromatic rings. The Bertz CT molecular complexity index is 639. The molecular formula is C19H23NO3S. The zero-order chi connectivity index (χ0) is 16.1. The van der Waals surface area contributed by atoms with Crippen molar-refractivity contribution in [3.05, 3.63) is 18.2 Å². The Hall–Kier alpha value is -1.36. The van der Waals surface area contributed by atoms with E-state index >= 15 is 0 Å². The van der Waals surface area contributed by atoms with Crippen molar-refractivity contribution in [1.29, 1.82) is 0 Å². The minimum Gasteiger partial charge on any atom is -0.454 e. The van der Waals surface area contributed by atoms with Crippen LogP contribution in [0.2, 0.25) is 0 Å². The fraction of sp³-hybridized carbons (Fsp3) is 0.632. The van der Waals surface area contributed by atoms with Crippen LogP contribution in [0.25, 0.3) is 0 Å². The Balaban J connectivity index is 1.20. The van der Waals surface area contributed by atoms with Crippen LogP contribution in [0.4, 0.5) is 5.69 Å². The molecule has 1 N–H and O–H groups in total. The van der Waals surface area contributed by atoms with E-state index in [0.29, 0.717) is 16.2 Å². The van der Waals surface area contributed by atoms with Gasteiger partial charge in [-0.3, -0.25) is 4.79 Å². The molecule has 0 radical (unpaired) electrons. The van der Waals surface area contributed by atoms with Gasteiger partial charge < -0.3 is 14.8 Å². The second-order valence-corrected chi connectivity index (χ2v) is 9.45. The van der Waals surface area contributed by atoms with Gasteiger partial charge in [0, 0.05) is 16.5 Å². The number of hydrogen-bond donors (Lipinski definition) is 1. The van der Waals surface area contributed by atoms with E-state index in [-0.39, 0.29) is 12.7 Å². The lowest BCUT2D eigenvalue weighted by atomic mass is 9.56. The van der Waals surface area contributed by atoms with Crippen molar-refractivity contribution >= 4 is 23.4 Å². The zero-order valence-electron chi connectivity index (χ0n) is 13.8. The Labute approximate surface area is 146 Å². The van der Waals surface area contributed by atoms with Gasteiger partial charge in [0.25, 0.3) is 0 Å². The molecule has 0 aromatic heterocycles. The van der Waals surface area contributed by atoms with E-state index in [2.05, 4.69) is 5.32 Å². The summed E-state index contributed by atoms with van der Waals surface area (Å²) in [6, 6.07) is 5.57. The Morgan fingerprint density at radius 2 is 1.75 bits per heavy atom. The maximum atomic E-state index is 12.4. The molecule has 24 heavy (non-hydrogen) atoms. The summed E-state index contributed by atoms with van der Waals surface area (Å²) in [4.78, 5) is 12.4. The van der Waals surface area contributed by atoms with Crippen LogP contribution >= 0.6 is 11.8 Å². The summed E-state index contributed by atoms with van der Waals surface area (Å²) >= 11 is 1.92. The molecule has 4 aliphatic carbocycles. The molecule has 1 heterocycles. The lowest BCUT2D eigenvalue weighted by Crippen LogP contribution is -2.49. The van der Waals surface area contributed by atoms with Crippen molar-refractivity contribution in [2.75, 3.05) is 17.9 Å². The third-order valence-corrected chi connectivity index (χ3v) is 7.67. The predicted molar refractivity (Wildman–Crippen MR) is 94.6 cm³/mol. The number of hydrogen-bond acceptors (Lipinski definition) is 4. The molecule has 1 amide bonds. The summed E-state index contributed by atoms with van der Waals surface area (Å²) in [5.74, 6) is 4.90.